The molecule has 0 aliphatic heterocycles. The lowest BCUT2D eigenvalue weighted by molar-refractivity contribution is -0.152. The number of rotatable bonds is 5. The Morgan fingerprint density at radius 3 is 2.37 bits per heavy atom. The lowest BCUT2D eigenvalue weighted by Gasteiger charge is -2.33. The molecule has 0 bridgehead atoms. The van der Waals surface area contributed by atoms with Crippen LogP contribution in [0, 0.1) is 11.8 Å². The average Bonchev–Trinajstić information content (AvgIpc) is 2.96. The summed E-state index contributed by atoms with van der Waals surface area (Å²) >= 11 is 0. The van der Waals surface area contributed by atoms with Crippen molar-refractivity contribution in [3.63, 3.8) is 0 Å². The molecule has 27 heavy (non-hydrogen) atoms. The number of fused-ring (bicyclic) bond motifs is 1. The van der Waals surface area contributed by atoms with Gasteiger partial charge in [-0.2, -0.15) is 0 Å². The van der Waals surface area contributed by atoms with Crippen molar-refractivity contribution in [1.82, 2.24) is 14.9 Å². The van der Waals surface area contributed by atoms with Crippen LogP contribution in [0.1, 0.15) is 30.3 Å². The first kappa shape index (κ1) is 17.3. The van der Waals surface area contributed by atoms with E-state index >= 15 is 0 Å². The SMILES string of the molecule is Cn1c(C(NC(=O)C2CCC2C(=O)O)c2ccccc2)nc2ccccc21. The highest BCUT2D eigenvalue weighted by Gasteiger charge is 2.42. The molecule has 1 fully saturated rings. The molecule has 1 aromatic heterocycles. The minimum absolute atomic E-state index is 0.227. The summed E-state index contributed by atoms with van der Waals surface area (Å²) in [5.41, 5.74) is 2.75. The Hall–Kier alpha value is -3.15. The first-order valence-corrected chi connectivity index (χ1v) is 9.05. The lowest BCUT2D eigenvalue weighted by atomic mass is 9.73. The summed E-state index contributed by atoms with van der Waals surface area (Å²) in [5, 5.41) is 12.3. The van der Waals surface area contributed by atoms with Crippen LogP contribution in [-0.2, 0) is 16.6 Å². The van der Waals surface area contributed by atoms with Crippen LogP contribution in [0.3, 0.4) is 0 Å². The van der Waals surface area contributed by atoms with Gasteiger partial charge in [-0.05, 0) is 30.5 Å². The van der Waals surface area contributed by atoms with E-state index in [4.69, 9.17) is 4.98 Å². The summed E-state index contributed by atoms with van der Waals surface area (Å²) < 4.78 is 1.97. The molecule has 0 radical (unpaired) electrons. The number of para-hydroxylation sites is 2. The van der Waals surface area contributed by atoms with Gasteiger partial charge in [0.15, 0.2) is 0 Å². The van der Waals surface area contributed by atoms with E-state index in [1.165, 1.54) is 0 Å². The molecule has 3 unspecified atom stereocenters. The third-order valence-corrected chi connectivity index (χ3v) is 5.43. The predicted molar refractivity (Wildman–Crippen MR) is 101 cm³/mol. The van der Waals surface area contributed by atoms with E-state index in [0.717, 1.165) is 22.4 Å². The monoisotopic (exact) mass is 363 g/mol. The molecule has 0 saturated heterocycles. The molecule has 6 nitrogen and oxygen atoms in total. The molecule has 0 spiro atoms. The largest absolute Gasteiger partial charge is 0.481 e. The Balaban J connectivity index is 1.70. The zero-order chi connectivity index (χ0) is 19.0. The lowest BCUT2D eigenvalue weighted by Crippen LogP contribution is -2.45. The number of aliphatic carboxylic acids is 1. The first-order chi connectivity index (χ1) is 13.1. The highest BCUT2D eigenvalue weighted by Crippen LogP contribution is 2.35. The summed E-state index contributed by atoms with van der Waals surface area (Å²) in [6.07, 6.45) is 1.16. The number of carboxylic acid groups (broad SMARTS) is 1. The fourth-order valence-electron chi connectivity index (χ4n) is 3.72. The van der Waals surface area contributed by atoms with Gasteiger partial charge in [0.1, 0.15) is 11.9 Å². The van der Waals surface area contributed by atoms with Gasteiger partial charge in [-0.15, -0.1) is 0 Å². The zero-order valence-electron chi connectivity index (χ0n) is 15.0. The van der Waals surface area contributed by atoms with Crippen LogP contribution in [0.4, 0.5) is 0 Å². The molecular weight excluding hydrogens is 342 g/mol. The molecular formula is C21H21N3O3. The molecule has 3 aromatic rings. The van der Waals surface area contributed by atoms with E-state index < -0.39 is 23.8 Å². The maximum absolute atomic E-state index is 12.8. The second-order valence-corrected chi connectivity index (χ2v) is 7.00. The highest BCUT2D eigenvalue weighted by atomic mass is 16.4. The Morgan fingerprint density at radius 1 is 1.07 bits per heavy atom. The number of carbonyl (C=O) groups excluding carboxylic acids is 1. The number of hydrogen-bond donors (Lipinski definition) is 2. The Bertz CT molecular complexity index is 996. The van der Waals surface area contributed by atoms with Crippen molar-refractivity contribution in [3.05, 3.63) is 66.0 Å². The van der Waals surface area contributed by atoms with Gasteiger partial charge in [0.05, 0.1) is 22.9 Å². The zero-order valence-corrected chi connectivity index (χ0v) is 15.0. The molecule has 1 amide bonds. The van der Waals surface area contributed by atoms with Crippen LogP contribution in [0.15, 0.2) is 54.6 Å². The van der Waals surface area contributed by atoms with Crippen molar-refractivity contribution in [3.8, 4) is 0 Å². The molecule has 1 aliphatic carbocycles. The molecule has 2 aromatic carbocycles. The standard InChI is InChI=1S/C21H21N3O3/c1-24-17-10-6-5-9-16(17)22-19(24)18(13-7-3-2-4-8-13)23-20(25)14-11-12-15(14)21(26)27/h2-10,14-15,18H,11-12H2,1H3,(H,23,25)(H,26,27). The second-order valence-electron chi connectivity index (χ2n) is 7.00. The summed E-state index contributed by atoms with van der Waals surface area (Å²) in [7, 11) is 1.93. The summed E-state index contributed by atoms with van der Waals surface area (Å²) in [6, 6.07) is 17.0. The van der Waals surface area contributed by atoms with Gasteiger partial charge in [-0.3, -0.25) is 9.59 Å². The van der Waals surface area contributed by atoms with Crippen molar-refractivity contribution in [2.75, 3.05) is 0 Å². The van der Waals surface area contributed by atoms with Crippen LogP contribution in [0.5, 0.6) is 0 Å². The van der Waals surface area contributed by atoms with E-state index in [1.54, 1.807) is 0 Å². The number of carboxylic acids is 1. The van der Waals surface area contributed by atoms with Crippen LogP contribution in [0.25, 0.3) is 11.0 Å². The number of benzene rings is 2. The average molecular weight is 363 g/mol. The van der Waals surface area contributed by atoms with Gasteiger partial charge >= 0.3 is 5.97 Å². The number of imidazole rings is 1. The first-order valence-electron chi connectivity index (χ1n) is 9.05. The quantitative estimate of drug-likeness (QED) is 0.730. The van der Waals surface area contributed by atoms with Gasteiger partial charge in [0.2, 0.25) is 5.91 Å². The number of carbonyl (C=O) groups is 2. The van der Waals surface area contributed by atoms with Gasteiger partial charge in [-0.1, -0.05) is 42.5 Å². The second kappa shape index (κ2) is 6.87. The molecule has 138 valence electrons. The van der Waals surface area contributed by atoms with Gasteiger partial charge in [-0.25, -0.2) is 4.98 Å². The number of aromatic nitrogens is 2. The number of hydrogen-bond acceptors (Lipinski definition) is 3. The minimum atomic E-state index is -0.902. The number of amides is 1. The van der Waals surface area contributed by atoms with E-state index in [2.05, 4.69) is 5.32 Å². The summed E-state index contributed by atoms with van der Waals surface area (Å²) in [4.78, 5) is 28.8. The van der Waals surface area contributed by atoms with E-state index in [1.807, 2.05) is 66.2 Å². The van der Waals surface area contributed by atoms with Crippen LogP contribution >= 0.6 is 0 Å². The Kier molecular flexibility index (Phi) is 4.39. The molecule has 2 N–H and O–H groups in total. The minimum Gasteiger partial charge on any atom is -0.481 e. The van der Waals surface area contributed by atoms with Crippen molar-refractivity contribution >= 4 is 22.9 Å². The van der Waals surface area contributed by atoms with Crippen LogP contribution in [0.2, 0.25) is 0 Å². The smallest absolute Gasteiger partial charge is 0.307 e. The normalized spacial score (nSPS) is 20.0. The highest BCUT2D eigenvalue weighted by molar-refractivity contribution is 5.87. The third kappa shape index (κ3) is 3.07. The maximum Gasteiger partial charge on any atom is 0.307 e. The van der Waals surface area contributed by atoms with Crippen molar-refractivity contribution in [2.45, 2.75) is 18.9 Å². The van der Waals surface area contributed by atoms with Crippen molar-refractivity contribution < 1.29 is 14.7 Å². The summed E-state index contributed by atoms with van der Waals surface area (Å²) in [6.45, 7) is 0. The fraction of sp³-hybridized carbons (Fsp3) is 0.286. The van der Waals surface area contributed by atoms with E-state index in [0.29, 0.717) is 12.8 Å². The topological polar surface area (TPSA) is 84.2 Å². The van der Waals surface area contributed by atoms with Gasteiger partial charge < -0.3 is 15.0 Å². The number of nitrogens with zero attached hydrogens (tertiary/aromatic N) is 2. The van der Waals surface area contributed by atoms with E-state index in [9.17, 15) is 14.7 Å². The predicted octanol–water partition coefficient (Wildman–Crippen LogP) is 2.89. The molecule has 3 atom stereocenters. The van der Waals surface area contributed by atoms with Crippen molar-refractivity contribution in [2.24, 2.45) is 18.9 Å². The van der Waals surface area contributed by atoms with Gasteiger partial charge in [0.25, 0.3) is 0 Å². The van der Waals surface area contributed by atoms with Gasteiger partial charge in [0, 0.05) is 7.05 Å². The third-order valence-electron chi connectivity index (χ3n) is 5.43. The number of aryl methyl sites for hydroxylation is 1. The summed E-state index contributed by atoms with van der Waals surface area (Å²) in [5.74, 6) is -1.48. The number of nitrogens with one attached hydrogen (secondary N) is 1. The molecule has 4 rings (SSSR count). The maximum atomic E-state index is 12.8. The van der Waals surface area contributed by atoms with Crippen LogP contribution < -0.4 is 5.32 Å². The molecule has 1 heterocycles. The Morgan fingerprint density at radius 2 is 1.74 bits per heavy atom. The van der Waals surface area contributed by atoms with Crippen molar-refractivity contribution in [1.29, 1.82) is 0 Å². The van der Waals surface area contributed by atoms with Crippen LogP contribution in [-0.4, -0.2) is 26.5 Å². The molecule has 1 saturated carbocycles. The Labute approximate surface area is 156 Å². The van der Waals surface area contributed by atoms with E-state index in [-0.39, 0.29) is 5.91 Å². The molecule has 1 aliphatic rings. The fourth-order valence-corrected chi connectivity index (χ4v) is 3.72. The molecule has 6 heteroatoms.